The van der Waals surface area contributed by atoms with E-state index in [0.717, 1.165) is 17.3 Å². The molecule has 10 nitrogen and oxygen atoms in total. The minimum Gasteiger partial charge on any atom is -0.495 e. The molecule has 1 atom stereocenters. The van der Waals surface area contributed by atoms with Gasteiger partial charge in [0.15, 0.2) is 5.16 Å². The summed E-state index contributed by atoms with van der Waals surface area (Å²) in [6.45, 7) is 3.58. The molecule has 0 saturated carbocycles. The zero-order valence-electron chi connectivity index (χ0n) is 18.4. The Morgan fingerprint density at radius 1 is 1.15 bits per heavy atom. The number of aryl methyl sites for hydroxylation is 1. The minimum atomic E-state index is -0.651. The summed E-state index contributed by atoms with van der Waals surface area (Å²) in [7, 11) is 2.96. The van der Waals surface area contributed by atoms with Gasteiger partial charge in [-0.25, -0.2) is 9.36 Å². The molecule has 11 heteroatoms. The number of amides is 3. The second kappa shape index (κ2) is 8.94. The zero-order chi connectivity index (χ0) is 23.7. The lowest BCUT2D eigenvalue weighted by atomic mass is 10.2. The second-order valence-corrected chi connectivity index (χ2v) is 8.59. The summed E-state index contributed by atoms with van der Waals surface area (Å²) in [6, 6.07) is 12.1. The van der Waals surface area contributed by atoms with Gasteiger partial charge in [0.05, 0.1) is 29.0 Å². The van der Waals surface area contributed by atoms with E-state index in [4.69, 9.17) is 4.74 Å². The highest BCUT2D eigenvalue weighted by atomic mass is 32.2. The third-order valence-electron chi connectivity index (χ3n) is 5.09. The van der Waals surface area contributed by atoms with E-state index in [1.807, 2.05) is 25.1 Å². The summed E-state index contributed by atoms with van der Waals surface area (Å²) < 4.78 is 8.70. The summed E-state index contributed by atoms with van der Waals surface area (Å²) in [5.41, 5.74) is 1.81. The van der Waals surface area contributed by atoms with Gasteiger partial charge in [0.2, 0.25) is 11.7 Å². The first-order valence-corrected chi connectivity index (χ1v) is 11.0. The minimum absolute atomic E-state index is 0.267. The van der Waals surface area contributed by atoms with Crippen LogP contribution in [0.25, 0.3) is 22.4 Å². The van der Waals surface area contributed by atoms with Crippen LogP contribution in [0.15, 0.2) is 52.4 Å². The van der Waals surface area contributed by atoms with Crippen LogP contribution >= 0.6 is 11.8 Å². The summed E-state index contributed by atoms with van der Waals surface area (Å²) >= 11 is 1.13. The molecule has 33 heavy (non-hydrogen) atoms. The molecule has 3 amide bonds. The Labute approximate surface area is 193 Å². The van der Waals surface area contributed by atoms with E-state index in [0.29, 0.717) is 27.5 Å². The highest BCUT2D eigenvalue weighted by Crippen LogP contribution is 2.29. The number of thioether (sulfide) groups is 1. The van der Waals surface area contributed by atoms with Crippen molar-refractivity contribution in [3.63, 3.8) is 0 Å². The fourth-order valence-electron chi connectivity index (χ4n) is 3.43. The molecule has 2 aromatic heterocycles. The van der Waals surface area contributed by atoms with Crippen LogP contribution in [-0.4, -0.2) is 50.5 Å². The van der Waals surface area contributed by atoms with Crippen LogP contribution in [0.5, 0.6) is 5.75 Å². The average Bonchev–Trinajstić information content (AvgIpc) is 3.22. The third kappa shape index (κ3) is 4.02. The number of hydrogen-bond donors (Lipinski definition) is 2. The molecule has 1 unspecified atom stereocenters. The predicted molar refractivity (Wildman–Crippen MR) is 125 cm³/mol. The topological polar surface area (TPSA) is 120 Å². The Hall–Kier alpha value is -3.86. The molecule has 0 fully saturated rings. The standard InChI is InChI=1S/C22H22N6O4S/c1-12-9-10-17(32-4)16(11-12)27-19(30)14-7-5-6-8-15(14)28-21(27)25-26-22(28)33-13(2)18(29)24-20(31)23-3/h5-11,13H,1-4H3,(H2,23,24,29,31). The van der Waals surface area contributed by atoms with Crippen molar-refractivity contribution in [2.75, 3.05) is 14.2 Å². The van der Waals surface area contributed by atoms with Gasteiger partial charge in [-0.1, -0.05) is 30.0 Å². The van der Waals surface area contributed by atoms with Gasteiger partial charge in [0.1, 0.15) is 5.75 Å². The Morgan fingerprint density at radius 2 is 1.91 bits per heavy atom. The molecule has 170 valence electrons. The number of fused-ring (bicyclic) bond motifs is 3. The lowest BCUT2D eigenvalue weighted by Gasteiger charge is -2.15. The highest BCUT2D eigenvalue weighted by molar-refractivity contribution is 8.00. The van der Waals surface area contributed by atoms with E-state index in [1.54, 1.807) is 35.6 Å². The number of nitrogens with zero attached hydrogens (tertiary/aromatic N) is 4. The van der Waals surface area contributed by atoms with Crippen molar-refractivity contribution in [1.29, 1.82) is 0 Å². The fourth-order valence-corrected chi connectivity index (χ4v) is 4.29. The fraction of sp³-hybridized carbons (Fsp3) is 0.227. The summed E-state index contributed by atoms with van der Waals surface area (Å²) in [5.74, 6) is 0.313. The number of urea groups is 1. The second-order valence-electron chi connectivity index (χ2n) is 7.28. The van der Waals surface area contributed by atoms with Crippen LogP contribution in [0.1, 0.15) is 12.5 Å². The quantitative estimate of drug-likeness (QED) is 0.433. The average molecular weight is 467 g/mol. The molecule has 2 heterocycles. The van der Waals surface area contributed by atoms with Gasteiger partial charge in [-0.3, -0.25) is 19.3 Å². The number of benzene rings is 2. The van der Waals surface area contributed by atoms with Crippen molar-refractivity contribution in [1.82, 2.24) is 29.8 Å². The maximum absolute atomic E-state index is 13.5. The van der Waals surface area contributed by atoms with Crippen LogP contribution < -0.4 is 20.9 Å². The molecule has 0 bridgehead atoms. The Kier molecular flexibility index (Phi) is 6.05. The van der Waals surface area contributed by atoms with E-state index in [-0.39, 0.29) is 11.3 Å². The lowest BCUT2D eigenvalue weighted by Crippen LogP contribution is -2.41. The van der Waals surface area contributed by atoms with Gasteiger partial charge in [0.25, 0.3) is 5.56 Å². The molecule has 4 aromatic rings. The van der Waals surface area contributed by atoms with E-state index >= 15 is 0 Å². The molecule has 2 aromatic carbocycles. The Balaban J connectivity index is 1.94. The van der Waals surface area contributed by atoms with Crippen molar-refractivity contribution in [2.45, 2.75) is 24.3 Å². The van der Waals surface area contributed by atoms with Gasteiger partial charge < -0.3 is 10.1 Å². The summed E-state index contributed by atoms with van der Waals surface area (Å²) in [6.07, 6.45) is 0. The Bertz CT molecular complexity index is 1440. The first-order valence-electron chi connectivity index (χ1n) is 10.1. The summed E-state index contributed by atoms with van der Waals surface area (Å²) in [4.78, 5) is 37.4. The molecule has 2 N–H and O–H groups in total. The number of carbonyl (C=O) groups excluding carboxylic acids is 2. The maximum atomic E-state index is 13.5. The van der Waals surface area contributed by atoms with Gasteiger partial charge in [0, 0.05) is 7.05 Å². The molecule has 0 radical (unpaired) electrons. The molecule has 4 rings (SSSR count). The first-order chi connectivity index (χ1) is 15.8. The number of imide groups is 1. The van der Waals surface area contributed by atoms with Crippen molar-refractivity contribution < 1.29 is 14.3 Å². The largest absolute Gasteiger partial charge is 0.495 e. The number of nitrogens with one attached hydrogen (secondary N) is 2. The highest BCUT2D eigenvalue weighted by Gasteiger charge is 2.23. The van der Waals surface area contributed by atoms with E-state index < -0.39 is 17.2 Å². The van der Waals surface area contributed by atoms with Gasteiger partial charge in [-0.2, -0.15) is 0 Å². The molecule has 0 spiro atoms. The predicted octanol–water partition coefficient (Wildman–Crippen LogP) is 2.29. The molecule has 0 aliphatic carbocycles. The van der Waals surface area contributed by atoms with Crippen LogP contribution in [0.3, 0.4) is 0 Å². The van der Waals surface area contributed by atoms with Crippen molar-refractivity contribution in [3.8, 4) is 11.4 Å². The number of aromatic nitrogens is 4. The molecular weight excluding hydrogens is 444 g/mol. The lowest BCUT2D eigenvalue weighted by molar-refractivity contribution is -0.119. The SMILES string of the molecule is CNC(=O)NC(=O)C(C)Sc1nnc2n(-c3cc(C)ccc3OC)c(=O)c3ccccc3n12. The van der Waals surface area contributed by atoms with Crippen LogP contribution in [0.4, 0.5) is 4.79 Å². The van der Waals surface area contributed by atoms with E-state index in [9.17, 15) is 14.4 Å². The molecule has 0 aliphatic heterocycles. The van der Waals surface area contributed by atoms with Crippen molar-refractivity contribution >= 4 is 40.4 Å². The van der Waals surface area contributed by atoms with Crippen molar-refractivity contribution in [3.05, 3.63) is 58.4 Å². The Morgan fingerprint density at radius 3 is 2.64 bits per heavy atom. The normalized spacial score (nSPS) is 12.0. The summed E-state index contributed by atoms with van der Waals surface area (Å²) in [5, 5.41) is 13.4. The number of ether oxygens (including phenoxy) is 1. The number of hydrogen-bond acceptors (Lipinski definition) is 7. The molecule has 0 saturated heterocycles. The maximum Gasteiger partial charge on any atom is 0.321 e. The van der Waals surface area contributed by atoms with Crippen molar-refractivity contribution in [2.24, 2.45) is 0 Å². The first kappa shape index (κ1) is 22.3. The van der Waals surface area contributed by atoms with Crippen LogP contribution in [0.2, 0.25) is 0 Å². The van der Waals surface area contributed by atoms with Gasteiger partial charge >= 0.3 is 6.03 Å². The number of rotatable bonds is 5. The molecular formula is C22H22N6O4S. The smallest absolute Gasteiger partial charge is 0.321 e. The molecule has 0 aliphatic rings. The zero-order valence-corrected chi connectivity index (χ0v) is 19.3. The third-order valence-corrected chi connectivity index (χ3v) is 6.13. The van der Waals surface area contributed by atoms with Crippen LogP contribution in [-0.2, 0) is 4.79 Å². The number of para-hydroxylation sites is 1. The number of carbonyl (C=O) groups is 2. The van der Waals surface area contributed by atoms with Gasteiger partial charge in [-0.15, -0.1) is 10.2 Å². The monoisotopic (exact) mass is 466 g/mol. The van der Waals surface area contributed by atoms with E-state index in [2.05, 4.69) is 20.8 Å². The van der Waals surface area contributed by atoms with E-state index in [1.165, 1.54) is 18.7 Å². The van der Waals surface area contributed by atoms with Crippen LogP contribution in [0, 0.1) is 6.92 Å². The van der Waals surface area contributed by atoms with Gasteiger partial charge in [-0.05, 0) is 43.7 Å². The number of methoxy groups -OCH3 is 1.